The topological polar surface area (TPSA) is 89.6 Å². The first kappa shape index (κ1) is 12.7. The Morgan fingerprint density at radius 1 is 1.41 bits per heavy atom. The number of nitro benzene ring substituents is 1. The summed E-state index contributed by atoms with van der Waals surface area (Å²) in [6.07, 6.45) is 0.806. The Morgan fingerprint density at radius 2 is 2.06 bits per heavy atom. The molecular formula is C11H10N2O4. The summed E-state index contributed by atoms with van der Waals surface area (Å²) in [4.78, 5) is 35.3. The van der Waals surface area contributed by atoms with Gasteiger partial charge in [-0.2, -0.15) is 0 Å². The Labute approximate surface area is 97.1 Å². The van der Waals surface area contributed by atoms with Gasteiger partial charge in [0.25, 0.3) is 11.6 Å². The van der Waals surface area contributed by atoms with E-state index in [0.29, 0.717) is 0 Å². The largest absolute Gasteiger partial charge is 0.299 e. The van der Waals surface area contributed by atoms with E-state index in [0.717, 1.165) is 6.21 Å². The third-order valence-electron chi connectivity index (χ3n) is 1.88. The average Bonchev–Trinajstić information content (AvgIpc) is 2.25. The minimum atomic E-state index is -0.615. The molecular weight excluding hydrogens is 224 g/mol. The van der Waals surface area contributed by atoms with E-state index in [4.69, 9.17) is 0 Å². The molecule has 1 rings (SSSR count). The van der Waals surface area contributed by atoms with Gasteiger partial charge in [0.2, 0.25) is 0 Å². The first-order valence-electron chi connectivity index (χ1n) is 4.80. The van der Waals surface area contributed by atoms with Gasteiger partial charge in [-0.05, 0) is 13.0 Å². The fourth-order valence-corrected chi connectivity index (χ4v) is 1.16. The summed E-state index contributed by atoms with van der Waals surface area (Å²) in [5, 5.41) is 10.6. The minimum absolute atomic E-state index is 0.133. The number of hydrogen-bond donors (Lipinski definition) is 0. The van der Waals surface area contributed by atoms with Crippen LogP contribution in [-0.4, -0.2) is 22.8 Å². The number of rotatable bonds is 4. The Hall–Kier alpha value is -2.37. The van der Waals surface area contributed by atoms with E-state index >= 15 is 0 Å². The second-order valence-corrected chi connectivity index (χ2v) is 3.35. The van der Waals surface area contributed by atoms with Crippen molar-refractivity contribution >= 4 is 23.6 Å². The molecule has 6 heteroatoms. The number of carbonyl (C=O) groups is 2. The van der Waals surface area contributed by atoms with E-state index in [-0.39, 0.29) is 23.5 Å². The molecule has 6 nitrogen and oxygen atoms in total. The molecule has 0 radical (unpaired) electrons. The zero-order valence-corrected chi connectivity index (χ0v) is 9.12. The summed E-state index contributed by atoms with van der Waals surface area (Å²) in [5.41, 5.74) is 0.0984. The van der Waals surface area contributed by atoms with Crippen LogP contribution in [-0.2, 0) is 9.59 Å². The molecule has 0 aliphatic heterocycles. The van der Waals surface area contributed by atoms with Gasteiger partial charge in [-0.25, -0.2) is 4.99 Å². The van der Waals surface area contributed by atoms with E-state index in [1.807, 2.05) is 0 Å². The van der Waals surface area contributed by atoms with Crippen molar-refractivity contribution in [1.29, 1.82) is 0 Å². The lowest BCUT2D eigenvalue weighted by atomic mass is 10.2. The third kappa shape index (κ3) is 3.94. The SMILES string of the molecule is CC(=O)CC(=O)N=Cc1ccccc1[N+](=O)[O-]. The molecule has 1 amide bonds. The number of benzene rings is 1. The molecule has 1 aromatic rings. The van der Waals surface area contributed by atoms with Crippen LogP contribution in [0.25, 0.3) is 0 Å². The van der Waals surface area contributed by atoms with E-state index in [1.165, 1.54) is 25.1 Å². The van der Waals surface area contributed by atoms with Crippen molar-refractivity contribution in [1.82, 2.24) is 0 Å². The number of amides is 1. The van der Waals surface area contributed by atoms with E-state index < -0.39 is 10.8 Å². The first-order chi connectivity index (χ1) is 8.00. The van der Waals surface area contributed by atoms with Crippen LogP contribution in [0.4, 0.5) is 5.69 Å². The zero-order chi connectivity index (χ0) is 12.8. The van der Waals surface area contributed by atoms with Crippen molar-refractivity contribution < 1.29 is 14.5 Å². The lowest BCUT2D eigenvalue weighted by Crippen LogP contribution is -2.02. The van der Waals surface area contributed by atoms with Gasteiger partial charge in [0, 0.05) is 12.3 Å². The van der Waals surface area contributed by atoms with Crippen LogP contribution in [0.15, 0.2) is 29.3 Å². The van der Waals surface area contributed by atoms with Crippen LogP contribution >= 0.6 is 0 Å². The maximum absolute atomic E-state index is 11.1. The molecule has 0 unspecified atom stereocenters. The van der Waals surface area contributed by atoms with Gasteiger partial charge >= 0.3 is 0 Å². The van der Waals surface area contributed by atoms with Crippen LogP contribution in [0, 0.1) is 10.1 Å². The molecule has 88 valence electrons. The summed E-state index contributed by atoms with van der Waals surface area (Å²) in [5.74, 6) is -0.912. The highest BCUT2D eigenvalue weighted by atomic mass is 16.6. The van der Waals surface area contributed by atoms with Gasteiger partial charge in [0.05, 0.1) is 16.9 Å². The highest BCUT2D eigenvalue weighted by molar-refractivity contribution is 6.02. The predicted octanol–water partition coefficient (Wildman–Crippen LogP) is 1.52. The Balaban J connectivity index is 2.88. The summed E-state index contributed by atoms with van der Waals surface area (Å²) in [6.45, 7) is 1.28. The number of hydrogen-bond acceptors (Lipinski definition) is 4. The standard InChI is InChI=1S/C11H10N2O4/c1-8(14)6-11(15)12-7-9-4-2-3-5-10(9)13(16)17/h2-5,7H,6H2,1H3. The van der Waals surface area contributed by atoms with Gasteiger partial charge in [-0.1, -0.05) is 12.1 Å². The second-order valence-electron chi connectivity index (χ2n) is 3.35. The number of aliphatic imine (C=N–C) groups is 1. The van der Waals surface area contributed by atoms with Gasteiger partial charge in [0.1, 0.15) is 5.78 Å². The van der Waals surface area contributed by atoms with Crippen LogP contribution in [0.2, 0.25) is 0 Å². The number of para-hydroxylation sites is 1. The molecule has 0 aliphatic carbocycles. The normalized spacial score (nSPS) is 10.4. The Kier molecular flexibility index (Phi) is 4.21. The maximum Gasteiger partial charge on any atom is 0.278 e. The van der Waals surface area contributed by atoms with Gasteiger partial charge < -0.3 is 0 Å². The molecule has 0 spiro atoms. The first-order valence-corrected chi connectivity index (χ1v) is 4.80. The van der Waals surface area contributed by atoms with Crippen molar-refractivity contribution in [3.8, 4) is 0 Å². The molecule has 0 fully saturated rings. The summed E-state index contributed by atoms with van der Waals surface area (Å²) in [6, 6.07) is 5.91. The molecule has 0 saturated heterocycles. The molecule has 0 saturated carbocycles. The number of nitro groups is 1. The molecule has 1 aromatic carbocycles. The number of nitrogens with zero attached hydrogens (tertiary/aromatic N) is 2. The van der Waals surface area contributed by atoms with E-state index in [9.17, 15) is 19.7 Å². The molecule has 17 heavy (non-hydrogen) atoms. The van der Waals surface area contributed by atoms with Crippen LogP contribution in [0.3, 0.4) is 0 Å². The van der Waals surface area contributed by atoms with Crippen molar-refractivity contribution in [3.05, 3.63) is 39.9 Å². The molecule has 0 aliphatic rings. The van der Waals surface area contributed by atoms with Crippen molar-refractivity contribution in [2.75, 3.05) is 0 Å². The Bertz CT molecular complexity index is 494. The van der Waals surface area contributed by atoms with Crippen LogP contribution in [0.5, 0.6) is 0 Å². The van der Waals surface area contributed by atoms with Crippen molar-refractivity contribution in [3.63, 3.8) is 0 Å². The highest BCUT2D eigenvalue weighted by Gasteiger charge is 2.10. The second kappa shape index (κ2) is 5.64. The lowest BCUT2D eigenvalue weighted by Gasteiger charge is -1.95. The van der Waals surface area contributed by atoms with Gasteiger partial charge in [0.15, 0.2) is 0 Å². The summed E-state index contributed by atoms with van der Waals surface area (Å²) < 4.78 is 0. The quantitative estimate of drug-likeness (QED) is 0.342. The molecule has 0 aromatic heterocycles. The minimum Gasteiger partial charge on any atom is -0.299 e. The zero-order valence-electron chi connectivity index (χ0n) is 9.12. The van der Waals surface area contributed by atoms with E-state index in [1.54, 1.807) is 6.07 Å². The highest BCUT2D eigenvalue weighted by Crippen LogP contribution is 2.15. The fraction of sp³-hybridized carbons (Fsp3) is 0.182. The van der Waals surface area contributed by atoms with Crippen LogP contribution in [0.1, 0.15) is 18.9 Å². The number of Topliss-reactive ketones (excluding diaryl/α,β-unsaturated/α-hetero) is 1. The lowest BCUT2D eigenvalue weighted by molar-refractivity contribution is -0.385. The summed E-state index contributed by atoms with van der Waals surface area (Å²) >= 11 is 0. The third-order valence-corrected chi connectivity index (χ3v) is 1.88. The molecule has 0 heterocycles. The van der Waals surface area contributed by atoms with Crippen LogP contribution < -0.4 is 0 Å². The molecule has 0 atom stereocenters. The number of ketones is 1. The molecule has 0 N–H and O–H groups in total. The van der Waals surface area contributed by atoms with E-state index in [2.05, 4.69) is 4.99 Å². The number of carbonyl (C=O) groups excluding carboxylic acids is 2. The van der Waals surface area contributed by atoms with Gasteiger partial charge in [-0.3, -0.25) is 19.7 Å². The smallest absolute Gasteiger partial charge is 0.278 e. The van der Waals surface area contributed by atoms with Crippen molar-refractivity contribution in [2.24, 2.45) is 4.99 Å². The average molecular weight is 234 g/mol. The monoisotopic (exact) mass is 234 g/mol. The van der Waals surface area contributed by atoms with Gasteiger partial charge in [-0.15, -0.1) is 0 Å². The fourth-order valence-electron chi connectivity index (χ4n) is 1.16. The maximum atomic E-state index is 11.1. The predicted molar refractivity (Wildman–Crippen MR) is 61.0 cm³/mol. The molecule has 0 bridgehead atoms. The Morgan fingerprint density at radius 3 is 2.65 bits per heavy atom. The van der Waals surface area contributed by atoms with Crippen molar-refractivity contribution in [2.45, 2.75) is 13.3 Å². The summed E-state index contributed by atoms with van der Waals surface area (Å²) in [7, 11) is 0.